The number of hydrogen-bond donors (Lipinski definition) is 1. The lowest BCUT2D eigenvalue weighted by Crippen LogP contribution is -2.46. The van der Waals surface area contributed by atoms with Crippen molar-refractivity contribution >= 4 is 17.7 Å². The minimum Gasteiger partial charge on any atom is -0.461 e. The van der Waals surface area contributed by atoms with Gasteiger partial charge in [0.05, 0.1) is 12.6 Å². The maximum Gasteiger partial charge on any atom is 0.355 e. The zero-order chi connectivity index (χ0) is 19.6. The van der Waals surface area contributed by atoms with E-state index in [9.17, 15) is 14.4 Å². The van der Waals surface area contributed by atoms with Crippen molar-refractivity contribution in [3.8, 4) is 0 Å². The largest absolute Gasteiger partial charge is 0.461 e. The number of ether oxygens (including phenoxy) is 1. The number of H-pyrrole nitrogens is 1. The first-order valence-corrected chi connectivity index (χ1v) is 9.39. The van der Waals surface area contributed by atoms with Gasteiger partial charge in [-0.25, -0.2) is 4.79 Å². The number of rotatable bonds is 8. The SMILES string of the molecule is CCOC(=O)c1[nH]c(C)c(C(=O)[C@H](C)N(CC2CC2)C(=O)C(C)C)c1C. The fourth-order valence-electron chi connectivity index (χ4n) is 3.23. The van der Waals surface area contributed by atoms with E-state index in [4.69, 9.17) is 4.74 Å². The van der Waals surface area contributed by atoms with Crippen molar-refractivity contribution in [2.24, 2.45) is 11.8 Å². The molecular formula is C20H30N2O4. The van der Waals surface area contributed by atoms with Gasteiger partial charge in [0, 0.05) is 23.7 Å². The molecule has 0 spiro atoms. The second-order valence-electron chi connectivity index (χ2n) is 7.47. The third-order valence-corrected chi connectivity index (χ3v) is 4.94. The molecule has 1 fully saturated rings. The van der Waals surface area contributed by atoms with Crippen molar-refractivity contribution in [3.63, 3.8) is 0 Å². The Bertz CT molecular complexity index is 701. The van der Waals surface area contributed by atoms with Crippen LogP contribution in [0.4, 0.5) is 0 Å². The summed E-state index contributed by atoms with van der Waals surface area (Å²) < 4.78 is 5.05. The average molecular weight is 362 g/mol. The maximum atomic E-state index is 13.2. The molecule has 2 rings (SSSR count). The van der Waals surface area contributed by atoms with Crippen molar-refractivity contribution < 1.29 is 19.1 Å². The normalized spacial score (nSPS) is 15.0. The summed E-state index contributed by atoms with van der Waals surface area (Å²) in [6, 6.07) is -0.561. The molecular weight excluding hydrogens is 332 g/mol. The minimum atomic E-state index is -0.561. The van der Waals surface area contributed by atoms with Gasteiger partial charge in [-0.2, -0.15) is 0 Å². The molecule has 1 saturated carbocycles. The minimum absolute atomic E-state index is 0.00536. The van der Waals surface area contributed by atoms with E-state index in [2.05, 4.69) is 4.98 Å². The summed E-state index contributed by atoms with van der Waals surface area (Å²) in [5.74, 6) is -0.271. The molecule has 0 aromatic carbocycles. The van der Waals surface area contributed by atoms with E-state index in [0.717, 1.165) is 12.8 Å². The number of carbonyl (C=O) groups excluding carboxylic acids is 3. The fourth-order valence-corrected chi connectivity index (χ4v) is 3.23. The number of esters is 1. The number of aromatic amines is 1. The summed E-state index contributed by atoms with van der Waals surface area (Å²) in [7, 11) is 0. The number of aryl methyl sites for hydroxylation is 1. The molecule has 1 heterocycles. The summed E-state index contributed by atoms with van der Waals surface area (Å²) in [5, 5.41) is 0. The Morgan fingerprint density at radius 1 is 1.19 bits per heavy atom. The summed E-state index contributed by atoms with van der Waals surface area (Å²) >= 11 is 0. The lowest BCUT2D eigenvalue weighted by Gasteiger charge is -2.30. The van der Waals surface area contributed by atoms with Gasteiger partial charge in [0.25, 0.3) is 0 Å². The van der Waals surface area contributed by atoms with Crippen molar-refractivity contribution in [3.05, 3.63) is 22.5 Å². The fraction of sp³-hybridized carbons (Fsp3) is 0.650. The highest BCUT2D eigenvalue weighted by Crippen LogP contribution is 2.31. The molecule has 144 valence electrons. The van der Waals surface area contributed by atoms with Crippen LogP contribution in [0.2, 0.25) is 0 Å². The standard InChI is InChI=1S/C20H30N2O4/c1-7-26-20(25)17-12(4)16(13(5)21-17)18(23)14(6)22(10-15-8-9-15)19(24)11(2)3/h11,14-15,21H,7-10H2,1-6H3/t14-/m0/s1. The smallest absolute Gasteiger partial charge is 0.355 e. The molecule has 1 aromatic heterocycles. The summed E-state index contributed by atoms with van der Waals surface area (Å²) in [6.45, 7) is 11.6. The number of hydrogen-bond acceptors (Lipinski definition) is 4. The van der Waals surface area contributed by atoms with Crippen LogP contribution in [0.1, 0.15) is 72.6 Å². The topological polar surface area (TPSA) is 79.5 Å². The third-order valence-electron chi connectivity index (χ3n) is 4.94. The Hall–Kier alpha value is -2.11. The number of Topliss-reactive ketones (excluding diaryl/α,β-unsaturated/α-hetero) is 1. The molecule has 6 heteroatoms. The molecule has 26 heavy (non-hydrogen) atoms. The summed E-state index contributed by atoms with van der Waals surface area (Å²) in [6.07, 6.45) is 2.22. The van der Waals surface area contributed by atoms with E-state index in [1.807, 2.05) is 13.8 Å². The Morgan fingerprint density at radius 3 is 2.31 bits per heavy atom. The quantitative estimate of drug-likeness (QED) is 0.568. The molecule has 1 aliphatic carbocycles. The Labute approximate surface area is 155 Å². The molecule has 0 bridgehead atoms. The molecule has 1 aromatic rings. The van der Waals surface area contributed by atoms with Crippen LogP contribution in [0.5, 0.6) is 0 Å². The highest BCUT2D eigenvalue weighted by Gasteiger charge is 2.35. The number of nitrogens with one attached hydrogen (secondary N) is 1. The van der Waals surface area contributed by atoms with Crippen LogP contribution in [0.3, 0.4) is 0 Å². The Balaban J connectivity index is 2.30. The van der Waals surface area contributed by atoms with Gasteiger partial charge >= 0.3 is 5.97 Å². The van der Waals surface area contributed by atoms with Crippen LogP contribution >= 0.6 is 0 Å². The number of ketones is 1. The third kappa shape index (κ3) is 4.17. The van der Waals surface area contributed by atoms with E-state index in [1.165, 1.54) is 0 Å². The molecule has 0 unspecified atom stereocenters. The van der Waals surface area contributed by atoms with Crippen LogP contribution in [0.15, 0.2) is 0 Å². The van der Waals surface area contributed by atoms with Crippen LogP contribution in [0.25, 0.3) is 0 Å². The molecule has 1 N–H and O–H groups in total. The lowest BCUT2D eigenvalue weighted by atomic mass is 9.98. The van der Waals surface area contributed by atoms with Gasteiger partial charge < -0.3 is 14.6 Å². The van der Waals surface area contributed by atoms with Gasteiger partial charge in [-0.05, 0) is 52.0 Å². The summed E-state index contributed by atoms with van der Waals surface area (Å²) in [5.41, 5.74) is 2.01. The zero-order valence-corrected chi connectivity index (χ0v) is 16.6. The predicted molar refractivity (Wildman–Crippen MR) is 99.3 cm³/mol. The van der Waals surface area contributed by atoms with E-state index < -0.39 is 12.0 Å². The molecule has 0 aliphatic heterocycles. The van der Waals surface area contributed by atoms with Crippen molar-refractivity contribution in [1.29, 1.82) is 0 Å². The molecule has 6 nitrogen and oxygen atoms in total. The van der Waals surface area contributed by atoms with Crippen LogP contribution in [0, 0.1) is 25.7 Å². The maximum absolute atomic E-state index is 13.2. The van der Waals surface area contributed by atoms with Crippen molar-refractivity contribution in [2.45, 2.75) is 60.4 Å². The zero-order valence-electron chi connectivity index (χ0n) is 16.6. The van der Waals surface area contributed by atoms with E-state index in [1.54, 1.807) is 32.6 Å². The van der Waals surface area contributed by atoms with E-state index >= 15 is 0 Å². The lowest BCUT2D eigenvalue weighted by molar-refractivity contribution is -0.136. The highest BCUT2D eigenvalue weighted by atomic mass is 16.5. The van der Waals surface area contributed by atoms with E-state index in [0.29, 0.717) is 35.0 Å². The number of carbonyl (C=O) groups is 3. The second-order valence-corrected chi connectivity index (χ2v) is 7.47. The Morgan fingerprint density at radius 2 is 1.81 bits per heavy atom. The molecule has 0 radical (unpaired) electrons. The highest BCUT2D eigenvalue weighted by molar-refractivity contribution is 6.06. The van der Waals surface area contributed by atoms with Gasteiger partial charge in [0.1, 0.15) is 5.69 Å². The Kier molecular flexibility index (Phi) is 6.26. The van der Waals surface area contributed by atoms with Gasteiger partial charge in [-0.15, -0.1) is 0 Å². The molecule has 0 saturated heterocycles. The molecule has 1 aliphatic rings. The number of nitrogens with zero attached hydrogens (tertiary/aromatic N) is 1. The van der Waals surface area contributed by atoms with Gasteiger partial charge in [-0.1, -0.05) is 13.8 Å². The van der Waals surface area contributed by atoms with Crippen LogP contribution < -0.4 is 0 Å². The monoisotopic (exact) mass is 362 g/mol. The van der Waals surface area contributed by atoms with Crippen molar-refractivity contribution in [2.75, 3.05) is 13.2 Å². The van der Waals surface area contributed by atoms with Gasteiger partial charge in [0.2, 0.25) is 5.91 Å². The molecule has 1 atom stereocenters. The second kappa shape index (κ2) is 8.06. The van der Waals surface area contributed by atoms with E-state index in [-0.39, 0.29) is 24.2 Å². The summed E-state index contributed by atoms with van der Waals surface area (Å²) in [4.78, 5) is 42.6. The van der Waals surface area contributed by atoms with Crippen LogP contribution in [-0.4, -0.2) is 46.7 Å². The predicted octanol–water partition coefficient (Wildman–Crippen LogP) is 3.27. The number of aromatic nitrogens is 1. The first-order chi connectivity index (χ1) is 12.2. The van der Waals surface area contributed by atoms with Crippen LogP contribution in [-0.2, 0) is 9.53 Å². The van der Waals surface area contributed by atoms with Gasteiger partial charge in [-0.3, -0.25) is 9.59 Å². The number of amides is 1. The first kappa shape index (κ1) is 20.2. The molecule has 1 amide bonds. The first-order valence-electron chi connectivity index (χ1n) is 9.39. The average Bonchev–Trinajstić information content (AvgIpc) is 3.35. The van der Waals surface area contributed by atoms with Gasteiger partial charge in [0.15, 0.2) is 5.78 Å². The van der Waals surface area contributed by atoms with Crippen molar-refractivity contribution in [1.82, 2.24) is 9.88 Å².